The first-order valence-electron chi connectivity index (χ1n) is 9.65. The summed E-state index contributed by atoms with van der Waals surface area (Å²) in [6.45, 7) is 1.96. The molecule has 33 heavy (non-hydrogen) atoms. The number of urea groups is 1. The van der Waals surface area contributed by atoms with Crippen molar-refractivity contribution in [2.75, 3.05) is 22.2 Å². The van der Waals surface area contributed by atoms with Crippen molar-refractivity contribution in [3.05, 3.63) is 59.1 Å². The number of benzene rings is 2. The van der Waals surface area contributed by atoms with Crippen LogP contribution in [-0.4, -0.2) is 36.6 Å². The first-order valence-corrected chi connectivity index (χ1v) is 13.2. The van der Waals surface area contributed by atoms with E-state index in [0.717, 1.165) is 11.8 Å². The van der Waals surface area contributed by atoms with Crippen LogP contribution in [-0.2, 0) is 21.1 Å². The van der Waals surface area contributed by atoms with E-state index in [4.69, 9.17) is 0 Å². The van der Waals surface area contributed by atoms with E-state index in [2.05, 4.69) is 25.9 Å². The van der Waals surface area contributed by atoms with Gasteiger partial charge in [-0.3, -0.25) is 10.1 Å². The Labute approximate surface area is 197 Å². The van der Waals surface area contributed by atoms with Crippen molar-refractivity contribution in [2.24, 2.45) is 0 Å². The molecule has 170 valence electrons. The molecule has 0 unspecified atom stereocenters. The van der Waals surface area contributed by atoms with Crippen LogP contribution in [0.5, 0.6) is 0 Å². The molecule has 3 N–H and O–H groups in total. The standard InChI is InChI=1S/C21H19N5O4S3/c1-12-3-5-13(6-4-12)22-19(28)26-20-23-14(11-31-20)9-18(27)25-21-24-16-8-7-15(33(2,29)30)10-17(16)32-21/h3-8,10-11H,9H2,1-2H3,(H,24,25,27)(H2,22,23,26,28). The molecule has 0 aliphatic carbocycles. The lowest BCUT2D eigenvalue weighted by Gasteiger charge is -2.05. The number of anilines is 3. The van der Waals surface area contributed by atoms with Gasteiger partial charge in [0.1, 0.15) is 0 Å². The van der Waals surface area contributed by atoms with Crippen LogP contribution in [0, 0.1) is 6.92 Å². The predicted octanol–water partition coefficient (Wildman–Crippen LogP) is 4.29. The Hall–Kier alpha value is -3.35. The van der Waals surface area contributed by atoms with Gasteiger partial charge in [0.05, 0.1) is 27.2 Å². The van der Waals surface area contributed by atoms with Crippen molar-refractivity contribution < 1.29 is 18.0 Å². The molecule has 0 bridgehead atoms. The van der Waals surface area contributed by atoms with Crippen molar-refractivity contribution in [1.29, 1.82) is 0 Å². The maximum absolute atomic E-state index is 12.4. The molecule has 12 heteroatoms. The zero-order chi connectivity index (χ0) is 23.6. The Bertz CT molecular complexity index is 1440. The number of sulfone groups is 1. The number of aromatic nitrogens is 2. The van der Waals surface area contributed by atoms with Gasteiger partial charge in [-0.2, -0.15) is 0 Å². The van der Waals surface area contributed by atoms with Crippen molar-refractivity contribution >= 4 is 70.6 Å². The normalized spacial score (nSPS) is 11.3. The summed E-state index contributed by atoms with van der Waals surface area (Å²) in [6, 6.07) is 11.6. The molecule has 9 nitrogen and oxygen atoms in total. The second-order valence-corrected chi connectivity index (χ2v) is 11.1. The lowest BCUT2D eigenvalue weighted by Crippen LogP contribution is -2.19. The minimum atomic E-state index is -3.32. The zero-order valence-electron chi connectivity index (χ0n) is 17.6. The number of thiazole rings is 2. The highest BCUT2D eigenvalue weighted by Gasteiger charge is 2.14. The number of nitrogens with one attached hydrogen (secondary N) is 3. The highest BCUT2D eigenvalue weighted by atomic mass is 32.2. The molecule has 0 spiro atoms. The van der Waals surface area contributed by atoms with Gasteiger partial charge in [0, 0.05) is 17.3 Å². The van der Waals surface area contributed by atoms with Gasteiger partial charge in [-0.25, -0.2) is 23.2 Å². The number of fused-ring (bicyclic) bond motifs is 1. The number of carbonyl (C=O) groups excluding carboxylic acids is 2. The van der Waals surface area contributed by atoms with E-state index in [9.17, 15) is 18.0 Å². The molecule has 0 saturated carbocycles. The van der Waals surface area contributed by atoms with E-state index in [0.29, 0.717) is 31.9 Å². The molecule has 0 radical (unpaired) electrons. The highest BCUT2D eigenvalue weighted by molar-refractivity contribution is 7.90. The molecule has 2 aromatic heterocycles. The van der Waals surface area contributed by atoms with Crippen LogP contribution in [0.1, 0.15) is 11.3 Å². The largest absolute Gasteiger partial charge is 0.325 e. The number of hydrogen-bond acceptors (Lipinski definition) is 8. The summed E-state index contributed by atoms with van der Waals surface area (Å²) >= 11 is 2.41. The topological polar surface area (TPSA) is 130 Å². The Kier molecular flexibility index (Phi) is 6.40. The van der Waals surface area contributed by atoms with E-state index in [1.807, 2.05) is 19.1 Å². The first kappa shape index (κ1) is 22.8. The molecular weight excluding hydrogens is 482 g/mol. The van der Waals surface area contributed by atoms with Crippen LogP contribution in [0.3, 0.4) is 0 Å². The minimum Gasteiger partial charge on any atom is -0.308 e. The van der Waals surface area contributed by atoms with Gasteiger partial charge in [0.25, 0.3) is 0 Å². The molecule has 0 saturated heterocycles. The zero-order valence-corrected chi connectivity index (χ0v) is 20.0. The smallest absolute Gasteiger partial charge is 0.308 e. The lowest BCUT2D eigenvalue weighted by molar-refractivity contribution is -0.115. The van der Waals surface area contributed by atoms with Crippen LogP contribution in [0.4, 0.5) is 20.7 Å². The van der Waals surface area contributed by atoms with E-state index >= 15 is 0 Å². The van der Waals surface area contributed by atoms with Crippen LogP contribution in [0.2, 0.25) is 0 Å². The summed E-state index contributed by atoms with van der Waals surface area (Å²) in [5.74, 6) is -0.321. The quantitative estimate of drug-likeness (QED) is 0.361. The van der Waals surface area contributed by atoms with Gasteiger partial charge in [0.15, 0.2) is 20.1 Å². The van der Waals surface area contributed by atoms with Crippen LogP contribution in [0.15, 0.2) is 52.7 Å². The van der Waals surface area contributed by atoms with Gasteiger partial charge in [-0.15, -0.1) is 11.3 Å². The SMILES string of the molecule is Cc1ccc(NC(=O)Nc2nc(CC(=O)Nc3nc4ccc(S(C)(=O)=O)cc4s3)cs2)cc1. The average Bonchev–Trinajstić information content (AvgIpc) is 3.34. The van der Waals surface area contributed by atoms with Gasteiger partial charge in [-0.05, 0) is 37.3 Å². The number of carbonyl (C=O) groups is 2. The second-order valence-electron chi connectivity index (χ2n) is 7.23. The second kappa shape index (κ2) is 9.25. The molecule has 0 aliphatic heterocycles. The van der Waals surface area contributed by atoms with E-state index < -0.39 is 15.9 Å². The van der Waals surface area contributed by atoms with Gasteiger partial charge >= 0.3 is 6.03 Å². The summed E-state index contributed by atoms with van der Waals surface area (Å²) in [5, 5.41) is 10.5. The molecular formula is C21H19N5O4S3. The Balaban J connectivity index is 1.34. The highest BCUT2D eigenvalue weighted by Crippen LogP contribution is 2.28. The number of nitrogens with zero attached hydrogens (tertiary/aromatic N) is 2. The fourth-order valence-electron chi connectivity index (χ4n) is 2.86. The summed E-state index contributed by atoms with van der Waals surface area (Å²) in [6.07, 6.45) is 1.14. The van der Waals surface area contributed by atoms with E-state index in [1.165, 1.54) is 34.8 Å². The molecule has 2 heterocycles. The molecule has 0 fully saturated rings. The number of aryl methyl sites for hydroxylation is 1. The fourth-order valence-corrected chi connectivity index (χ4v) is 5.21. The van der Waals surface area contributed by atoms with Gasteiger partial charge in [0.2, 0.25) is 5.91 Å². The molecule has 3 amide bonds. The van der Waals surface area contributed by atoms with Crippen LogP contribution < -0.4 is 16.0 Å². The van der Waals surface area contributed by atoms with Crippen LogP contribution >= 0.6 is 22.7 Å². The van der Waals surface area contributed by atoms with Crippen LogP contribution in [0.25, 0.3) is 10.2 Å². The first-order chi connectivity index (χ1) is 15.7. The number of hydrogen-bond donors (Lipinski definition) is 3. The summed E-state index contributed by atoms with van der Waals surface area (Å²) in [5.41, 5.74) is 2.85. The van der Waals surface area contributed by atoms with E-state index in [1.54, 1.807) is 23.6 Å². The third-order valence-corrected chi connectivity index (χ3v) is 7.31. The Morgan fingerprint density at radius 3 is 2.45 bits per heavy atom. The lowest BCUT2D eigenvalue weighted by atomic mass is 10.2. The monoisotopic (exact) mass is 501 g/mol. The number of amides is 3. The van der Waals surface area contributed by atoms with Crippen molar-refractivity contribution in [1.82, 2.24) is 9.97 Å². The average molecular weight is 502 g/mol. The van der Waals surface area contributed by atoms with Gasteiger partial charge in [-0.1, -0.05) is 29.0 Å². The third-order valence-electron chi connectivity index (χ3n) is 4.46. The summed E-state index contributed by atoms with van der Waals surface area (Å²) in [7, 11) is -3.32. The van der Waals surface area contributed by atoms with Crippen molar-refractivity contribution in [3.63, 3.8) is 0 Å². The van der Waals surface area contributed by atoms with Gasteiger partial charge < -0.3 is 10.6 Å². The molecule has 4 aromatic rings. The van der Waals surface area contributed by atoms with Crippen molar-refractivity contribution in [2.45, 2.75) is 18.2 Å². The maximum Gasteiger partial charge on any atom is 0.325 e. The minimum absolute atomic E-state index is 0.00226. The molecule has 0 aliphatic rings. The van der Waals surface area contributed by atoms with Crippen molar-refractivity contribution in [3.8, 4) is 0 Å². The fraction of sp³-hybridized carbons (Fsp3) is 0.143. The Morgan fingerprint density at radius 1 is 0.970 bits per heavy atom. The summed E-state index contributed by atoms with van der Waals surface area (Å²) < 4.78 is 24.1. The molecule has 4 rings (SSSR count). The number of rotatable bonds is 6. The maximum atomic E-state index is 12.4. The Morgan fingerprint density at radius 2 is 1.73 bits per heavy atom. The third kappa shape index (κ3) is 5.92. The molecule has 2 aromatic carbocycles. The van der Waals surface area contributed by atoms with E-state index in [-0.39, 0.29) is 17.2 Å². The molecule has 0 atom stereocenters. The summed E-state index contributed by atoms with van der Waals surface area (Å²) in [4.78, 5) is 33.3. The predicted molar refractivity (Wildman–Crippen MR) is 131 cm³/mol.